The fourth-order valence-electron chi connectivity index (χ4n) is 3.20. The minimum Gasteiger partial charge on any atom is -0.353 e. The van der Waals surface area contributed by atoms with Crippen molar-refractivity contribution < 1.29 is 4.79 Å². The van der Waals surface area contributed by atoms with E-state index in [1.54, 1.807) is 0 Å². The van der Waals surface area contributed by atoms with Gasteiger partial charge in [-0.2, -0.15) is 0 Å². The number of piperidine rings is 1. The summed E-state index contributed by atoms with van der Waals surface area (Å²) in [6.45, 7) is 1.91. The second-order valence-electron chi connectivity index (χ2n) is 6.06. The lowest BCUT2D eigenvalue weighted by Crippen LogP contribution is -2.57. The fourth-order valence-corrected chi connectivity index (χ4v) is 3.20. The van der Waals surface area contributed by atoms with Crippen molar-refractivity contribution in [1.82, 2.24) is 10.2 Å². The Labute approximate surface area is 110 Å². The van der Waals surface area contributed by atoms with Crippen molar-refractivity contribution in [3.63, 3.8) is 0 Å². The van der Waals surface area contributed by atoms with Crippen molar-refractivity contribution in [2.24, 2.45) is 5.73 Å². The van der Waals surface area contributed by atoms with Crippen LogP contribution >= 0.6 is 0 Å². The van der Waals surface area contributed by atoms with E-state index in [9.17, 15) is 4.79 Å². The topological polar surface area (TPSA) is 58.4 Å². The monoisotopic (exact) mass is 253 g/mol. The van der Waals surface area contributed by atoms with E-state index in [4.69, 9.17) is 5.73 Å². The summed E-state index contributed by atoms with van der Waals surface area (Å²) in [6, 6.07) is 0.495. The lowest BCUT2D eigenvalue weighted by molar-refractivity contribution is -0.127. The largest absolute Gasteiger partial charge is 0.353 e. The first-order chi connectivity index (χ1) is 8.62. The molecule has 104 valence electrons. The molecular formula is C14H27N3O. The van der Waals surface area contributed by atoms with Crippen LogP contribution in [0, 0.1) is 0 Å². The maximum atomic E-state index is 12.2. The van der Waals surface area contributed by atoms with Crippen LogP contribution in [0.4, 0.5) is 0 Å². The van der Waals surface area contributed by atoms with Crippen molar-refractivity contribution in [3.8, 4) is 0 Å². The minimum absolute atomic E-state index is 0.0705. The fraction of sp³-hybridized carbons (Fsp3) is 0.929. The van der Waals surface area contributed by atoms with E-state index in [1.807, 2.05) is 0 Å². The summed E-state index contributed by atoms with van der Waals surface area (Å²) in [6.07, 6.45) is 8.84. The Balaban J connectivity index is 1.80. The zero-order chi connectivity index (χ0) is 13.0. The van der Waals surface area contributed by atoms with Gasteiger partial charge in [0, 0.05) is 12.6 Å². The highest BCUT2D eigenvalue weighted by molar-refractivity contribution is 5.86. The molecule has 1 amide bonds. The SMILES string of the molecule is CN1CCCCC1CNC(=O)C1(N)CCCCC1. The molecule has 0 aromatic carbocycles. The van der Waals surface area contributed by atoms with E-state index < -0.39 is 5.54 Å². The molecule has 3 N–H and O–H groups in total. The van der Waals surface area contributed by atoms with Gasteiger partial charge in [0.1, 0.15) is 0 Å². The molecule has 0 spiro atoms. The molecule has 2 rings (SSSR count). The number of likely N-dealkylation sites (N-methyl/N-ethyl adjacent to an activating group) is 1. The smallest absolute Gasteiger partial charge is 0.240 e. The number of carbonyl (C=O) groups excluding carboxylic acids is 1. The zero-order valence-electron chi connectivity index (χ0n) is 11.6. The lowest BCUT2D eigenvalue weighted by Gasteiger charge is -2.35. The number of rotatable bonds is 3. The number of amides is 1. The number of likely N-dealkylation sites (tertiary alicyclic amines) is 1. The highest BCUT2D eigenvalue weighted by Gasteiger charge is 2.35. The molecule has 0 aromatic heterocycles. The summed E-state index contributed by atoms with van der Waals surface area (Å²) in [5, 5.41) is 3.09. The van der Waals surface area contributed by atoms with Crippen molar-refractivity contribution >= 4 is 5.91 Å². The second-order valence-corrected chi connectivity index (χ2v) is 6.06. The summed E-state index contributed by atoms with van der Waals surface area (Å²) in [5.41, 5.74) is 5.64. The Kier molecular flexibility index (Phi) is 4.62. The van der Waals surface area contributed by atoms with Crippen molar-refractivity contribution in [3.05, 3.63) is 0 Å². The molecule has 1 heterocycles. The van der Waals surface area contributed by atoms with E-state index in [1.165, 1.54) is 25.7 Å². The van der Waals surface area contributed by atoms with Crippen molar-refractivity contribution in [2.45, 2.75) is 62.9 Å². The van der Waals surface area contributed by atoms with E-state index in [0.29, 0.717) is 6.04 Å². The highest BCUT2D eigenvalue weighted by atomic mass is 16.2. The van der Waals surface area contributed by atoms with Crippen LogP contribution in [0.5, 0.6) is 0 Å². The number of nitrogens with zero attached hydrogens (tertiary/aromatic N) is 1. The summed E-state index contributed by atoms with van der Waals surface area (Å²) >= 11 is 0. The molecule has 0 radical (unpaired) electrons. The second kappa shape index (κ2) is 6.02. The average molecular weight is 253 g/mol. The molecule has 1 unspecified atom stereocenters. The summed E-state index contributed by atoms with van der Waals surface area (Å²) in [7, 11) is 2.15. The number of hydrogen-bond donors (Lipinski definition) is 2. The first kappa shape index (κ1) is 13.8. The van der Waals surface area contributed by atoms with Gasteiger partial charge >= 0.3 is 0 Å². The van der Waals surface area contributed by atoms with Gasteiger partial charge < -0.3 is 16.0 Å². The van der Waals surface area contributed by atoms with Crippen LogP contribution in [0.3, 0.4) is 0 Å². The highest BCUT2D eigenvalue weighted by Crippen LogP contribution is 2.26. The molecule has 0 bridgehead atoms. The van der Waals surface area contributed by atoms with Crippen LogP contribution in [-0.4, -0.2) is 42.5 Å². The normalized spacial score (nSPS) is 28.9. The molecule has 0 aromatic rings. The molecule has 1 atom stereocenters. The van der Waals surface area contributed by atoms with Crippen LogP contribution in [0.25, 0.3) is 0 Å². The first-order valence-electron chi connectivity index (χ1n) is 7.39. The predicted molar refractivity (Wildman–Crippen MR) is 73.3 cm³/mol. The third-order valence-electron chi connectivity index (χ3n) is 4.62. The van der Waals surface area contributed by atoms with Gasteiger partial charge in [-0.1, -0.05) is 25.7 Å². The van der Waals surface area contributed by atoms with Crippen LogP contribution < -0.4 is 11.1 Å². The van der Waals surface area contributed by atoms with E-state index >= 15 is 0 Å². The lowest BCUT2D eigenvalue weighted by atomic mass is 9.82. The van der Waals surface area contributed by atoms with Crippen LogP contribution in [0.2, 0.25) is 0 Å². The molecular weight excluding hydrogens is 226 g/mol. The van der Waals surface area contributed by atoms with Crippen LogP contribution in [-0.2, 0) is 4.79 Å². The number of hydrogen-bond acceptors (Lipinski definition) is 3. The van der Waals surface area contributed by atoms with Gasteiger partial charge in [0.05, 0.1) is 5.54 Å². The van der Waals surface area contributed by atoms with Crippen molar-refractivity contribution in [1.29, 1.82) is 0 Å². The van der Waals surface area contributed by atoms with Gasteiger partial charge in [0.25, 0.3) is 0 Å². The first-order valence-corrected chi connectivity index (χ1v) is 7.39. The summed E-state index contributed by atoms with van der Waals surface area (Å²) in [4.78, 5) is 14.6. The number of nitrogens with one attached hydrogen (secondary N) is 1. The standard InChI is InChI=1S/C14H27N3O/c1-17-10-6-3-7-12(17)11-16-13(18)14(15)8-4-2-5-9-14/h12H,2-11,15H2,1H3,(H,16,18). The molecule has 1 saturated carbocycles. The molecule has 1 aliphatic heterocycles. The zero-order valence-corrected chi connectivity index (χ0v) is 11.6. The van der Waals surface area contributed by atoms with E-state index in [0.717, 1.165) is 38.8 Å². The molecule has 1 saturated heterocycles. The number of carbonyl (C=O) groups is 1. The molecule has 18 heavy (non-hydrogen) atoms. The molecule has 1 aliphatic carbocycles. The molecule has 2 aliphatic rings. The van der Waals surface area contributed by atoms with Crippen LogP contribution in [0.1, 0.15) is 51.4 Å². The molecule has 4 nitrogen and oxygen atoms in total. The quantitative estimate of drug-likeness (QED) is 0.796. The Hall–Kier alpha value is -0.610. The van der Waals surface area contributed by atoms with Gasteiger partial charge in [0.2, 0.25) is 5.91 Å². The van der Waals surface area contributed by atoms with Gasteiger partial charge in [-0.05, 0) is 39.3 Å². The third kappa shape index (κ3) is 3.23. The Morgan fingerprint density at radius 1 is 1.28 bits per heavy atom. The molecule has 2 fully saturated rings. The van der Waals surface area contributed by atoms with E-state index in [2.05, 4.69) is 17.3 Å². The Morgan fingerprint density at radius 3 is 2.67 bits per heavy atom. The van der Waals surface area contributed by atoms with Gasteiger partial charge in [0.15, 0.2) is 0 Å². The van der Waals surface area contributed by atoms with Crippen molar-refractivity contribution in [2.75, 3.05) is 20.1 Å². The summed E-state index contributed by atoms with van der Waals surface area (Å²) in [5.74, 6) is 0.0705. The van der Waals surface area contributed by atoms with Gasteiger partial charge in [-0.25, -0.2) is 0 Å². The predicted octanol–water partition coefficient (Wildman–Crippen LogP) is 1.25. The average Bonchev–Trinajstić information content (AvgIpc) is 2.38. The Morgan fingerprint density at radius 2 is 2.00 bits per heavy atom. The van der Waals surface area contributed by atoms with Crippen LogP contribution in [0.15, 0.2) is 0 Å². The maximum absolute atomic E-state index is 12.2. The third-order valence-corrected chi connectivity index (χ3v) is 4.62. The van der Waals surface area contributed by atoms with E-state index in [-0.39, 0.29) is 5.91 Å². The van der Waals surface area contributed by atoms with Gasteiger partial charge in [-0.15, -0.1) is 0 Å². The minimum atomic E-state index is -0.592. The number of nitrogens with two attached hydrogens (primary N) is 1. The maximum Gasteiger partial charge on any atom is 0.240 e. The molecule has 4 heteroatoms. The van der Waals surface area contributed by atoms with Gasteiger partial charge in [-0.3, -0.25) is 4.79 Å². The Bertz CT molecular complexity index is 287. The summed E-state index contributed by atoms with van der Waals surface area (Å²) < 4.78 is 0.